The third-order valence-electron chi connectivity index (χ3n) is 6.60. The lowest BCUT2D eigenvalue weighted by Crippen LogP contribution is -2.32. The van der Waals surface area contributed by atoms with E-state index in [0.29, 0.717) is 28.3 Å². The Hall–Kier alpha value is -4.79. The zero-order valence-corrected chi connectivity index (χ0v) is 24.6. The molecule has 0 bridgehead atoms. The van der Waals surface area contributed by atoms with Gasteiger partial charge in [0.2, 0.25) is 5.91 Å². The Bertz CT molecular complexity index is 1730. The number of benzene rings is 3. The van der Waals surface area contributed by atoms with E-state index in [9.17, 15) is 27.2 Å². The van der Waals surface area contributed by atoms with Gasteiger partial charge in [-0.05, 0) is 59.5 Å². The number of aliphatic imine (C=N–C) groups is 1. The number of amidine groups is 1. The maximum absolute atomic E-state index is 15.0. The molecule has 9 nitrogen and oxygen atoms in total. The number of carbonyl (C=O) groups excluding carboxylic acids is 2. The Labute approximate surface area is 258 Å². The summed E-state index contributed by atoms with van der Waals surface area (Å²) in [5.41, 5.74) is 2.29. The van der Waals surface area contributed by atoms with Crippen molar-refractivity contribution in [2.24, 2.45) is 4.99 Å². The van der Waals surface area contributed by atoms with Crippen LogP contribution < -0.4 is 15.0 Å². The molecule has 0 saturated carbocycles. The maximum atomic E-state index is 15.0. The topological polar surface area (TPSA) is 102 Å². The van der Waals surface area contributed by atoms with E-state index in [1.54, 1.807) is 12.1 Å². The molecule has 4 aromatic rings. The molecular formula is C30H25F5N6O3S. The zero-order valence-electron chi connectivity index (χ0n) is 23.8. The predicted molar refractivity (Wildman–Crippen MR) is 159 cm³/mol. The van der Waals surface area contributed by atoms with Gasteiger partial charge in [-0.1, -0.05) is 49.9 Å². The van der Waals surface area contributed by atoms with Crippen molar-refractivity contribution in [1.82, 2.24) is 20.1 Å². The molecule has 45 heavy (non-hydrogen) atoms. The molecule has 1 aliphatic rings. The third kappa shape index (κ3) is 7.66. The first-order valence-corrected chi connectivity index (χ1v) is 14.5. The van der Waals surface area contributed by atoms with Gasteiger partial charge in [0, 0.05) is 5.56 Å². The fraction of sp³-hybridized carbons (Fsp3) is 0.233. The van der Waals surface area contributed by atoms with Crippen molar-refractivity contribution in [3.8, 4) is 22.8 Å². The molecule has 1 aromatic heterocycles. The Morgan fingerprint density at radius 3 is 2.47 bits per heavy atom. The highest BCUT2D eigenvalue weighted by Gasteiger charge is 2.33. The minimum atomic E-state index is -4.80. The number of hydrogen-bond acceptors (Lipinski definition) is 6. The van der Waals surface area contributed by atoms with Gasteiger partial charge < -0.3 is 10.1 Å². The summed E-state index contributed by atoms with van der Waals surface area (Å²) in [6.07, 6.45) is -4.99. The van der Waals surface area contributed by atoms with E-state index in [-0.39, 0.29) is 40.6 Å². The van der Waals surface area contributed by atoms with E-state index in [1.807, 2.05) is 13.8 Å². The predicted octanol–water partition coefficient (Wildman–Crippen LogP) is 6.95. The van der Waals surface area contributed by atoms with Crippen LogP contribution in [0.1, 0.15) is 37.1 Å². The number of amides is 3. The number of alkyl halides is 4. The highest BCUT2D eigenvalue weighted by molar-refractivity contribution is 8.15. The molecule has 1 N–H and O–H groups in total. The number of nitrogens with one attached hydrogen (secondary N) is 1. The van der Waals surface area contributed by atoms with E-state index < -0.39 is 24.4 Å². The van der Waals surface area contributed by atoms with Crippen LogP contribution in [0.15, 0.2) is 78.0 Å². The number of aromatic nitrogens is 3. The van der Waals surface area contributed by atoms with Crippen molar-refractivity contribution < 1.29 is 36.3 Å². The highest BCUT2D eigenvalue weighted by atomic mass is 32.2. The van der Waals surface area contributed by atoms with Gasteiger partial charge in [0.25, 0.3) is 0 Å². The summed E-state index contributed by atoms with van der Waals surface area (Å²) >= 11 is 1.06. The number of hydrogen-bond donors (Lipinski definition) is 1. The zero-order chi connectivity index (χ0) is 32.3. The number of halogens is 5. The largest absolute Gasteiger partial charge is 0.573 e. The van der Waals surface area contributed by atoms with Gasteiger partial charge in [-0.2, -0.15) is 4.99 Å². The number of anilines is 1. The van der Waals surface area contributed by atoms with Crippen molar-refractivity contribution >= 4 is 34.6 Å². The second kappa shape index (κ2) is 13.1. The van der Waals surface area contributed by atoms with Gasteiger partial charge in [-0.25, -0.2) is 23.2 Å². The molecule has 15 heteroatoms. The molecule has 0 aliphatic carbocycles. The maximum Gasteiger partial charge on any atom is 0.573 e. The van der Waals surface area contributed by atoms with Crippen LogP contribution >= 0.6 is 11.8 Å². The lowest BCUT2D eigenvalue weighted by molar-refractivity contribution is -0.274. The fourth-order valence-electron chi connectivity index (χ4n) is 4.46. The van der Waals surface area contributed by atoms with Gasteiger partial charge in [-0.3, -0.25) is 9.69 Å². The molecule has 1 unspecified atom stereocenters. The van der Waals surface area contributed by atoms with Gasteiger partial charge in [0.1, 0.15) is 24.1 Å². The van der Waals surface area contributed by atoms with Crippen LogP contribution in [0.2, 0.25) is 0 Å². The molecule has 1 aliphatic heterocycles. The molecule has 2 heterocycles. The van der Waals surface area contributed by atoms with Crippen LogP contribution in [-0.2, 0) is 4.79 Å². The number of urea groups is 1. The quantitative estimate of drug-likeness (QED) is 0.208. The summed E-state index contributed by atoms with van der Waals surface area (Å²) in [4.78, 5) is 34.7. The summed E-state index contributed by atoms with van der Waals surface area (Å²) in [6.45, 7) is 3.33. The second-order valence-electron chi connectivity index (χ2n) is 10.1. The molecule has 234 valence electrons. The van der Waals surface area contributed by atoms with Gasteiger partial charge in [0.05, 0.1) is 23.7 Å². The molecular weight excluding hydrogens is 619 g/mol. The Balaban J connectivity index is 1.20. The second-order valence-corrected chi connectivity index (χ2v) is 11.0. The smallest absolute Gasteiger partial charge is 0.406 e. The Morgan fingerprint density at radius 2 is 1.80 bits per heavy atom. The van der Waals surface area contributed by atoms with Crippen LogP contribution in [0.5, 0.6) is 5.75 Å². The minimum absolute atomic E-state index is 0.0510. The first kappa shape index (κ1) is 31.6. The third-order valence-corrected chi connectivity index (χ3v) is 7.53. The lowest BCUT2D eigenvalue weighted by Gasteiger charge is -2.21. The van der Waals surface area contributed by atoms with E-state index in [1.165, 1.54) is 58.4 Å². The molecule has 5 rings (SSSR count). The molecule has 0 radical (unpaired) electrons. The lowest BCUT2D eigenvalue weighted by atomic mass is 10.0. The molecule has 0 spiro atoms. The first-order chi connectivity index (χ1) is 21.4. The standard InChI is InChI=1S/C30H25F5N6O3S/c1-17(2)23-13-20(31)7-12-25(23)41-26(42)15-45-29(41)38-28(43)36-14-24(32)18-3-5-19(6-4-18)27-37-16-40(39-27)21-8-10-22(11-9-21)44-30(33,34)35/h3-13,16-17,24H,14-15H2,1-2H3,(H,36,43)/b38-29-. The number of carbonyl (C=O) groups is 2. The number of rotatable bonds is 8. The Kier molecular flexibility index (Phi) is 9.18. The SMILES string of the molecule is CC(C)c1cc(F)ccc1N1C(=O)CS/C1=N\C(=O)NCC(F)c1ccc(-c2ncn(-c3ccc(OC(F)(F)F)cc3)n2)cc1. The molecule has 1 atom stereocenters. The van der Waals surface area contributed by atoms with Crippen LogP contribution in [0.4, 0.5) is 32.4 Å². The van der Waals surface area contributed by atoms with E-state index in [2.05, 4.69) is 25.1 Å². The molecule has 1 saturated heterocycles. The average Bonchev–Trinajstić information content (AvgIpc) is 3.63. The summed E-state index contributed by atoms with van der Waals surface area (Å²) in [5.74, 6) is -0.876. The summed E-state index contributed by atoms with van der Waals surface area (Å²) < 4.78 is 71.3. The minimum Gasteiger partial charge on any atom is -0.406 e. The van der Waals surface area contributed by atoms with Crippen molar-refractivity contribution in [3.05, 3.63) is 90.0 Å². The van der Waals surface area contributed by atoms with Gasteiger partial charge in [-0.15, -0.1) is 18.3 Å². The first-order valence-electron chi connectivity index (χ1n) is 13.5. The number of nitrogens with zero attached hydrogens (tertiary/aromatic N) is 5. The van der Waals surface area contributed by atoms with Crippen molar-refractivity contribution in [2.45, 2.75) is 32.3 Å². The van der Waals surface area contributed by atoms with E-state index >= 15 is 4.39 Å². The van der Waals surface area contributed by atoms with Gasteiger partial charge in [0.15, 0.2) is 11.0 Å². The fourth-order valence-corrected chi connectivity index (χ4v) is 5.31. The number of thioether (sulfide) groups is 1. The highest BCUT2D eigenvalue weighted by Crippen LogP contribution is 2.34. The Morgan fingerprint density at radius 1 is 1.09 bits per heavy atom. The van der Waals surface area contributed by atoms with Crippen LogP contribution in [-0.4, -0.2) is 50.5 Å². The average molecular weight is 645 g/mol. The van der Waals surface area contributed by atoms with Crippen LogP contribution in [0, 0.1) is 5.82 Å². The van der Waals surface area contributed by atoms with Crippen LogP contribution in [0.3, 0.4) is 0 Å². The van der Waals surface area contributed by atoms with Crippen LogP contribution in [0.25, 0.3) is 17.1 Å². The molecule has 1 fully saturated rings. The monoisotopic (exact) mass is 644 g/mol. The van der Waals surface area contributed by atoms with Crippen molar-refractivity contribution in [2.75, 3.05) is 17.2 Å². The summed E-state index contributed by atoms with van der Waals surface area (Å²) in [5, 5.41) is 6.85. The molecule has 3 amide bonds. The molecule has 3 aromatic carbocycles. The van der Waals surface area contributed by atoms with Gasteiger partial charge >= 0.3 is 12.4 Å². The van der Waals surface area contributed by atoms with E-state index in [0.717, 1.165) is 23.9 Å². The summed E-state index contributed by atoms with van der Waals surface area (Å²) in [7, 11) is 0. The normalized spacial score (nSPS) is 15.2. The van der Waals surface area contributed by atoms with Crippen molar-refractivity contribution in [3.63, 3.8) is 0 Å². The van der Waals surface area contributed by atoms with Crippen molar-refractivity contribution in [1.29, 1.82) is 0 Å². The summed E-state index contributed by atoms with van der Waals surface area (Å²) in [6, 6.07) is 14.5. The number of ether oxygens (including phenoxy) is 1. The van der Waals surface area contributed by atoms with E-state index in [4.69, 9.17) is 0 Å².